The van der Waals surface area contributed by atoms with E-state index in [0.717, 1.165) is 10.4 Å². The summed E-state index contributed by atoms with van der Waals surface area (Å²) in [6.45, 7) is 1.37. The fourth-order valence-electron chi connectivity index (χ4n) is 3.03. The molecule has 0 unspecified atom stereocenters. The van der Waals surface area contributed by atoms with Crippen LogP contribution < -0.4 is 5.32 Å². The number of aromatic nitrogens is 4. The molecule has 10 nitrogen and oxygen atoms in total. The van der Waals surface area contributed by atoms with E-state index < -0.39 is 24.5 Å². The predicted molar refractivity (Wildman–Crippen MR) is 124 cm³/mol. The fraction of sp³-hybridized carbons (Fsp3) is 0.130. The van der Waals surface area contributed by atoms with Crippen molar-refractivity contribution in [2.24, 2.45) is 0 Å². The van der Waals surface area contributed by atoms with Gasteiger partial charge < -0.3 is 14.8 Å². The summed E-state index contributed by atoms with van der Waals surface area (Å²) in [6.07, 6.45) is 1.39. The number of rotatable bonds is 8. The molecule has 0 aliphatic heterocycles. The van der Waals surface area contributed by atoms with Crippen molar-refractivity contribution in [1.82, 2.24) is 20.2 Å². The van der Waals surface area contributed by atoms with Gasteiger partial charge in [-0.25, -0.2) is 14.3 Å². The lowest BCUT2D eigenvalue weighted by molar-refractivity contribution is -0.119. The highest BCUT2D eigenvalue weighted by Crippen LogP contribution is 2.35. The quantitative estimate of drug-likeness (QED) is 0.383. The topological polar surface area (TPSA) is 125 Å². The number of hydrogen-bond donors (Lipinski definition) is 1. The Kier molecular flexibility index (Phi) is 7.04. The van der Waals surface area contributed by atoms with E-state index in [1.165, 1.54) is 22.3 Å². The Hall–Kier alpha value is -4.38. The van der Waals surface area contributed by atoms with Gasteiger partial charge in [0.05, 0.1) is 23.5 Å². The number of thiophene rings is 1. The molecule has 172 valence electrons. The molecule has 4 aromatic rings. The van der Waals surface area contributed by atoms with Crippen molar-refractivity contribution in [2.75, 3.05) is 18.5 Å². The molecule has 34 heavy (non-hydrogen) atoms. The number of carbonyl (C=O) groups excluding carboxylic acids is 3. The Morgan fingerprint density at radius 2 is 1.82 bits per heavy atom. The average Bonchev–Trinajstić information content (AvgIpc) is 3.54. The minimum atomic E-state index is -0.689. The number of nitrogens with zero attached hydrogens (tertiary/aromatic N) is 4. The van der Waals surface area contributed by atoms with Crippen molar-refractivity contribution in [3.63, 3.8) is 0 Å². The molecule has 2 aromatic carbocycles. The molecular weight excluding hydrogens is 458 g/mol. The minimum Gasteiger partial charge on any atom is -0.462 e. The van der Waals surface area contributed by atoms with Gasteiger partial charge in [-0.15, -0.1) is 16.4 Å². The van der Waals surface area contributed by atoms with E-state index in [1.54, 1.807) is 37.3 Å². The second-order valence-electron chi connectivity index (χ2n) is 6.87. The Labute approximate surface area is 198 Å². The normalized spacial score (nSPS) is 10.5. The first-order chi connectivity index (χ1) is 16.5. The van der Waals surface area contributed by atoms with Gasteiger partial charge in [0.25, 0.3) is 5.91 Å². The molecule has 0 saturated heterocycles. The SMILES string of the molecule is CCOC(=O)c1sc(-c2ccccc2)cc1NC(=O)COC(=O)c1cccc(-n2cnnn2)c1. The molecule has 0 fully saturated rings. The van der Waals surface area contributed by atoms with E-state index in [9.17, 15) is 14.4 Å². The highest BCUT2D eigenvalue weighted by molar-refractivity contribution is 7.18. The lowest BCUT2D eigenvalue weighted by Crippen LogP contribution is -2.21. The summed E-state index contributed by atoms with van der Waals surface area (Å²) in [6, 6.07) is 17.6. The molecule has 0 aliphatic carbocycles. The van der Waals surface area contributed by atoms with Crippen molar-refractivity contribution in [3.8, 4) is 16.1 Å². The maximum atomic E-state index is 12.5. The maximum absolute atomic E-state index is 12.5. The van der Waals surface area contributed by atoms with Crippen LogP contribution in [0, 0.1) is 0 Å². The highest BCUT2D eigenvalue weighted by Gasteiger charge is 2.21. The lowest BCUT2D eigenvalue weighted by atomic mass is 10.2. The van der Waals surface area contributed by atoms with Gasteiger partial charge in [-0.1, -0.05) is 36.4 Å². The second kappa shape index (κ2) is 10.5. The van der Waals surface area contributed by atoms with Crippen LogP contribution in [0.15, 0.2) is 67.0 Å². The van der Waals surface area contributed by atoms with Gasteiger partial charge in [0.1, 0.15) is 11.2 Å². The summed E-state index contributed by atoms with van der Waals surface area (Å²) >= 11 is 1.21. The number of carbonyl (C=O) groups is 3. The van der Waals surface area contributed by atoms with Crippen LogP contribution in [0.2, 0.25) is 0 Å². The van der Waals surface area contributed by atoms with Crippen LogP contribution in [0.25, 0.3) is 16.1 Å². The Balaban J connectivity index is 1.44. The molecule has 0 saturated carbocycles. The molecule has 2 heterocycles. The van der Waals surface area contributed by atoms with E-state index in [4.69, 9.17) is 9.47 Å². The number of tetrazole rings is 1. The lowest BCUT2D eigenvalue weighted by Gasteiger charge is -2.08. The molecule has 11 heteroatoms. The molecule has 0 aliphatic rings. The monoisotopic (exact) mass is 477 g/mol. The zero-order valence-corrected chi connectivity index (χ0v) is 18.8. The first-order valence-electron chi connectivity index (χ1n) is 10.2. The van der Waals surface area contributed by atoms with E-state index in [-0.39, 0.29) is 17.0 Å². The number of esters is 2. The van der Waals surface area contributed by atoms with E-state index in [1.807, 2.05) is 30.3 Å². The smallest absolute Gasteiger partial charge is 0.350 e. The highest BCUT2D eigenvalue weighted by atomic mass is 32.1. The van der Waals surface area contributed by atoms with Gasteiger partial charge in [0.2, 0.25) is 0 Å². The van der Waals surface area contributed by atoms with Crippen LogP contribution in [0.1, 0.15) is 27.0 Å². The molecule has 0 atom stereocenters. The zero-order chi connectivity index (χ0) is 23.9. The molecule has 0 radical (unpaired) electrons. The number of nitrogens with one attached hydrogen (secondary N) is 1. The molecule has 0 spiro atoms. The fourth-order valence-corrected chi connectivity index (χ4v) is 4.05. The van der Waals surface area contributed by atoms with Gasteiger partial charge >= 0.3 is 11.9 Å². The molecule has 2 aromatic heterocycles. The van der Waals surface area contributed by atoms with Crippen molar-refractivity contribution < 1.29 is 23.9 Å². The number of anilines is 1. The third-order valence-corrected chi connectivity index (χ3v) is 5.72. The van der Waals surface area contributed by atoms with Gasteiger partial charge in [0.15, 0.2) is 6.61 Å². The molecule has 1 N–H and O–H groups in total. The largest absolute Gasteiger partial charge is 0.462 e. The standard InChI is InChI=1S/C23H19N5O5S/c1-2-32-23(31)21-18(12-19(34-21)15-7-4-3-5-8-15)25-20(29)13-33-22(30)16-9-6-10-17(11-16)28-14-24-26-27-28/h3-12,14H,2,13H2,1H3,(H,25,29). The van der Waals surface area contributed by atoms with Crippen LogP contribution in [0.5, 0.6) is 0 Å². The summed E-state index contributed by atoms with van der Waals surface area (Å²) in [5, 5.41) is 13.5. The summed E-state index contributed by atoms with van der Waals surface area (Å²) in [5.74, 6) is -1.82. The average molecular weight is 478 g/mol. The minimum absolute atomic E-state index is 0.201. The first kappa shape index (κ1) is 22.8. The van der Waals surface area contributed by atoms with E-state index in [0.29, 0.717) is 11.4 Å². The van der Waals surface area contributed by atoms with Crippen LogP contribution in [0.4, 0.5) is 5.69 Å². The second-order valence-corrected chi connectivity index (χ2v) is 7.92. The van der Waals surface area contributed by atoms with E-state index >= 15 is 0 Å². The number of benzene rings is 2. The number of amides is 1. The van der Waals surface area contributed by atoms with Crippen molar-refractivity contribution >= 4 is 34.9 Å². The van der Waals surface area contributed by atoms with Crippen LogP contribution in [0.3, 0.4) is 0 Å². The molecular formula is C23H19N5O5S. The summed E-state index contributed by atoms with van der Waals surface area (Å²) < 4.78 is 11.7. The van der Waals surface area contributed by atoms with E-state index in [2.05, 4.69) is 20.8 Å². The summed E-state index contributed by atoms with van der Waals surface area (Å²) in [7, 11) is 0. The Morgan fingerprint density at radius 1 is 1.00 bits per heavy atom. The van der Waals surface area contributed by atoms with Gasteiger partial charge in [-0.3, -0.25) is 4.79 Å². The molecule has 1 amide bonds. The van der Waals surface area contributed by atoms with Gasteiger partial charge in [-0.2, -0.15) is 0 Å². The third kappa shape index (κ3) is 5.33. The van der Waals surface area contributed by atoms with Gasteiger partial charge in [0, 0.05) is 4.88 Å². The van der Waals surface area contributed by atoms with Crippen LogP contribution >= 0.6 is 11.3 Å². The molecule has 0 bridgehead atoms. The third-order valence-electron chi connectivity index (χ3n) is 4.56. The Bertz CT molecular complexity index is 1300. The Morgan fingerprint density at radius 3 is 2.56 bits per heavy atom. The van der Waals surface area contributed by atoms with Crippen LogP contribution in [-0.2, 0) is 14.3 Å². The maximum Gasteiger partial charge on any atom is 0.350 e. The van der Waals surface area contributed by atoms with Crippen molar-refractivity contribution in [1.29, 1.82) is 0 Å². The first-order valence-corrected chi connectivity index (χ1v) is 11.0. The van der Waals surface area contributed by atoms with Crippen LogP contribution in [-0.4, -0.2) is 51.3 Å². The van der Waals surface area contributed by atoms with Crippen molar-refractivity contribution in [3.05, 3.63) is 77.4 Å². The van der Waals surface area contributed by atoms with Crippen molar-refractivity contribution in [2.45, 2.75) is 6.92 Å². The zero-order valence-electron chi connectivity index (χ0n) is 18.0. The summed E-state index contributed by atoms with van der Waals surface area (Å²) in [5.41, 5.74) is 1.99. The number of hydrogen-bond acceptors (Lipinski definition) is 9. The molecule has 4 rings (SSSR count). The number of ether oxygens (including phenoxy) is 2. The summed E-state index contributed by atoms with van der Waals surface area (Å²) in [4.78, 5) is 38.4. The predicted octanol–water partition coefficient (Wildman–Crippen LogP) is 3.36. The van der Waals surface area contributed by atoms with Gasteiger partial charge in [-0.05, 0) is 47.2 Å².